The molecule has 1 aliphatic carbocycles. The molecular formula is C31H39F3N4O4. The van der Waals surface area contributed by atoms with Crippen LogP contribution in [0.2, 0.25) is 0 Å². The van der Waals surface area contributed by atoms with Gasteiger partial charge >= 0.3 is 6.18 Å². The van der Waals surface area contributed by atoms with E-state index in [1.807, 2.05) is 32.8 Å². The number of pyridine rings is 1. The predicted molar refractivity (Wildman–Crippen MR) is 154 cm³/mol. The molecule has 1 fully saturated rings. The van der Waals surface area contributed by atoms with Gasteiger partial charge in [0, 0.05) is 18.3 Å². The maximum absolute atomic E-state index is 13.4. The van der Waals surface area contributed by atoms with Crippen molar-refractivity contribution in [2.75, 3.05) is 6.61 Å². The maximum atomic E-state index is 13.4. The van der Waals surface area contributed by atoms with Crippen molar-refractivity contribution in [3.05, 3.63) is 81.7 Å². The quantitative estimate of drug-likeness (QED) is 0.264. The lowest BCUT2D eigenvalue weighted by Crippen LogP contribution is -2.31. The second-order valence-electron chi connectivity index (χ2n) is 9.81. The topological polar surface area (TPSA) is 106 Å². The molecule has 0 bridgehead atoms. The van der Waals surface area contributed by atoms with E-state index in [1.165, 1.54) is 36.2 Å². The number of aliphatic hydroxyl groups is 1. The SMILES string of the molecule is C=O.CCC(C)=C1CC1.CCCn1nc(C(=O)NC(CO)c2ccc(C)cc2)c(C)c1Oc1ncccc1C(F)(F)F. The number of carbonyl (C=O) groups excluding carboxylic acids is 2. The van der Waals surface area contributed by atoms with Gasteiger partial charge in [0.05, 0.1) is 12.6 Å². The highest BCUT2D eigenvalue weighted by molar-refractivity contribution is 5.94. The number of carbonyl (C=O) groups is 2. The molecule has 228 valence electrons. The summed E-state index contributed by atoms with van der Waals surface area (Å²) in [4.78, 5) is 24.7. The number of allylic oxidation sites excluding steroid dienone is 2. The number of hydrogen-bond acceptors (Lipinski definition) is 6. The summed E-state index contributed by atoms with van der Waals surface area (Å²) in [5, 5.41) is 16.8. The van der Waals surface area contributed by atoms with Gasteiger partial charge in [0.2, 0.25) is 11.8 Å². The summed E-state index contributed by atoms with van der Waals surface area (Å²) >= 11 is 0. The summed E-state index contributed by atoms with van der Waals surface area (Å²) in [6.45, 7) is 11.8. The number of rotatable bonds is 9. The minimum absolute atomic E-state index is 0.00193. The Bertz CT molecular complexity index is 1350. The third-order valence-electron chi connectivity index (χ3n) is 6.65. The smallest absolute Gasteiger partial charge is 0.420 e. The van der Waals surface area contributed by atoms with Crippen LogP contribution >= 0.6 is 0 Å². The first-order valence-electron chi connectivity index (χ1n) is 13.7. The van der Waals surface area contributed by atoms with E-state index in [0.29, 0.717) is 18.5 Å². The lowest BCUT2D eigenvalue weighted by Gasteiger charge is -2.16. The van der Waals surface area contributed by atoms with Crippen molar-refractivity contribution in [3.63, 3.8) is 0 Å². The van der Waals surface area contributed by atoms with Crippen LogP contribution in [0.4, 0.5) is 13.2 Å². The van der Waals surface area contributed by atoms with Gasteiger partial charge in [0.1, 0.15) is 12.4 Å². The van der Waals surface area contributed by atoms with E-state index in [-0.39, 0.29) is 23.7 Å². The van der Waals surface area contributed by atoms with E-state index >= 15 is 0 Å². The van der Waals surface area contributed by atoms with E-state index in [9.17, 15) is 23.1 Å². The first kappa shape index (κ1) is 34.2. The third-order valence-corrected chi connectivity index (χ3v) is 6.65. The number of aromatic nitrogens is 3. The normalized spacial score (nSPS) is 12.7. The molecule has 8 nitrogen and oxygen atoms in total. The molecule has 0 spiro atoms. The van der Waals surface area contributed by atoms with Crippen molar-refractivity contribution in [2.45, 2.75) is 79.1 Å². The van der Waals surface area contributed by atoms with Gasteiger partial charge in [-0.2, -0.15) is 18.3 Å². The minimum atomic E-state index is -4.66. The number of nitrogens with zero attached hydrogens (tertiary/aromatic N) is 3. The standard InChI is InChI=1S/C23H25F3N4O3.C7H12.CH2O/c1-4-12-30-22(33-21-17(23(24,25)26)6-5-11-27-21)15(3)19(29-30)20(32)28-18(13-31)16-9-7-14(2)8-10-16;1-3-6(2)7-4-5-7;1-2/h5-11,18,31H,4,12-13H2,1-3H3,(H,28,32);3-5H2,1-2H3;1H2. The van der Waals surface area contributed by atoms with Crippen LogP contribution < -0.4 is 10.1 Å². The molecule has 0 aliphatic heterocycles. The van der Waals surface area contributed by atoms with Crippen molar-refractivity contribution < 1.29 is 32.6 Å². The Morgan fingerprint density at radius 2 is 1.79 bits per heavy atom. The number of alkyl halides is 3. The summed E-state index contributed by atoms with van der Waals surface area (Å²) in [7, 11) is 0. The van der Waals surface area contributed by atoms with Crippen molar-refractivity contribution >= 4 is 12.7 Å². The van der Waals surface area contributed by atoms with Gasteiger partial charge in [-0.25, -0.2) is 9.67 Å². The average molecular weight is 589 g/mol. The Balaban J connectivity index is 0.000000590. The number of hydrogen-bond donors (Lipinski definition) is 2. The number of nitrogens with one attached hydrogen (secondary N) is 1. The zero-order chi connectivity index (χ0) is 31.4. The molecule has 11 heteroatoms. The van der Waals surface area contributed by atoms with Crippen LogP contribution in [0.3, 0.4) is 0 Å². The largest absolute Gasteiger partial charge is 0.421 e. The Hall–Kier alpha value is -3.99. The third kappa shape index (κ3) is 9.27. The Morgan fingerprint density at radius 3 is 2.29 bits per heavy atom. The molecule has 0 saturated heterocycles. The highest BCUT2D eigenvalue weighted by Gasteiger charge is 2.36. The van der Waals surface area contributed by atoms with Gasteiger partial charge in [0.15, 0.2) is 5.69 Å². The number of aliphatic hydroxyl groups excluding tert-OH is 1. The van der Waals surface area contributed by atoms with Crippen LogP contribution in [0.15, 0.2) is 53.7 Å². The molecule has 0 radical (unpaired) electrons. The van der Waals surface area contributed by atoms with Gasteiger partial charge < -0.3 is 20.0 Å². The molecular weight excluding hydrogens is 549 g/mol. The molecule has 2 N–H and O–H groups in total. The van der Waals surface area contributed by atoms with Gasteiger partial charge in [-0.1, -0.05) is 54.8 Å². The number of benzene rings is 1. The summed E-state index contributed by atoms with van der Waals surface area (Å²) in [5.74, 6) is -1.20. The molecule has 2 aromatic heterocycles. The number of halogens is 3. The van der Waals surface area contributed by atoms with Gasteiger partial charge in [-0.3, -0.25) is 4.79 Å². The molecule has 42 heavy (non-hydrogen) atoms. The van der Waals surface area contributed by atoms with Crippen LogP contribution in [0.25, 0.3) is 0 Å². The van der Waals surface area contributed by atoms with E-state index < -0.39 is 29.6 Å². The highest BCUT2D eigenvalue weighted by atomic mass is 19.4. The number of aryl methyl sites for hydroxylation is 2. The zero-order valence-corrected chi connectivity index (χ0v) is 24.7. The van der Waals surface area contributed by atoms with E-state index in [2.05, 4.69) is 29.2 Å². The van der Waals surface area contributed by atoms with Gasteiger partial charge in [-0.15, -0.1) is 0 Å². The lowest BCUT2D eigenvalue weighted by molar-refractivity contribution is -0.138. The van der Waals surface area contributed by atoms with Crippen LogP contribution in [0.1, 0.15) is 85.2 Å². The molecule has 1 amide bonds. The molecule has 1 atom stereocenters. The van der Waals surface area contributed by atoms with Crippen LogP contribution in [0, 0.1) is 13.8 Å². The average Bonchev–Trinajstić information content (AvgIpc) is 3.79. The summed E-state index contributed by atoms with van der Waals surface area (Å²) in [6, 6.07) is 8.70. The van der Waals surface area contributed by atoms with Crippen molar-refractivity contribution in [1.29, 1.82) is 0 Å². The monoisotopic (exact) mass is 588 g/mol. The molecule has 1 aromatic carbocycles. The molecule has 2 heterocycles. The molecule has 3 aromatic rings. The van der Waals surface area contributed by atoms with Crippen molar-refractivity contribution in [1.82, 2.24) is 20.1 Å². The van der Waals surface area contributed by atoms with Crippen LogP contribution in [0.5, 0.6) is 11.8 Å². The number of ether oxygens (including phenoxy) is 1. The zero-order valence-electron chi connectivity index (χ0n) is 24.7. The van der Waals surface area contributed by atoms with Gasteiger partial charge in [-0.05, 0) is 64.2 Å². The van der Waals surface area contributed by atoms with Crippen molar-refractivity contribution in [3.8, 4) is 11.8 Å². The molecule has 4 rings (SSSR count). The van der Waals surface area contributed by atoms with E-state index in [1.54, 1.807) is 30.2 Å². The Kier molecular flexibility index (Phi) is 12.9. The van der Waals surface area contributed by atoms with E-state index in [0.717, 1.165) is 11.6 Å². The second-order valence-corrected chi connectivity index (χ2v) is 9.81. The number of amides is 1. The van der Waals surface area contributed by atoms with E-state index in [4.69, 9.17) is 9.53 Å². The summed E-state index contributed by atoms with van der Waals surface area (Å²) in [5.41, 5.74) is 4.31. The van der Waals surface area contributed by atoms with Crippen molar-refractivity contribution in [2.24, 2.45) is 0 Å². The molecule has 1 saturated carbocycles. The molecule has 1 aliphatic rings. The summed E-state index contributed by atoms with van der Waals surface area (Å²) in [6.07, 6.45) is 1.18. The second kappa shape index (κ2) is 15.9. The Morgan fingerprint density at radius 1 is 1.14 bits per heavy atom. The Labute approximate surface area is 244 Å². The maximum Gasteiger partial charge on any atom is 0.421 e. The highest BCUT2D eigenvalue weighted by Crippen LogP contribution is 2.37. The fourth-order valence-corrected chi connectivity index (χ4v) is 4.02. The first-order chi connectivity index (χ1) is 20.0. The molecule has 1 unspecified atom stereocenters. The lowest BCUT2D eigenvalue weighted by atomic mass is 10.1. The van der Waals surface area contributed by atoms with Crippen LogP contribution in [-0.2, 0) is 17.5 Å². The predicted octanol–water partition coefficient (Wildman–Crippen LogP) is 6.90. The van der Waals surface area contributed by atoms with Crippen LogP contribution in [-0.4, -0.2) is 39.2 Å². The fraction of sp³-hybridized carbons (Fsp3) is 0.419. The summed E-state index contributed by atoms with van der Waals surface area (Å²) < 4.78 is 47.0. The first-order valence-corrected chi connectivity index (χ1v) is 13.7. The van der Waals surface area contributed by atoms with Gasteiger partial charge in [0.25, 0.3) is 5.91 Å². The fourth-order valence-electron chi connectivity index (χ4n) is 4.02. The minimum Gasteiger partial charge on any atom is -0.420 e.